The Balaban J connectivity index is 1.89. The van der Waals surface area contributed by atoms with Crippen molar-refractivity contribution in [1.82, 2.24) is 9.97 Å². The molecule has 0 unspecified atom stereocenters. The second kappa shape index (κ2) is 12.4. The molecule has 0 amide bonds. The number of ether oxygens (including phenoxy) is 2. The molecule has 2 aromatic carbocycles. The summed E-state index contributed by atoms with van der Waals surface area (Å²) in [7, 11) is 1.59. The highest BCUT2D eigenvalue weighted by Crippen LogP contribution is 2.31. The first-order valence-corrected chi connectivity index (χ1v) is 10.9. The van der Waals surface area contributed by atoms with E-state index in [1.54, 1.807) is 13.2 Å². The molecule has 0 bridgehead atoms. The lowest BCUT2D eigenvalue weighted by Gasteiger charge is -2.14. The molecule has 1 aromatic heterocycles. The molecule has 0 fully saturated rings. The van der Waals surface area contributed by atoms with E-state index in [2.05, 4.69) is 21.2 Å². The van der Waals surface area contributed by atoms with Crippen LogP contribution in [-0.4, -0.2) is 53.6 Å². The quantitative estimate of drug-likeness (QED) is 0.295. The van der Waals surface area contributed by atoms with Crippen LogP contribution in [0.1, 0.15) is 30.4 Å². The third-order valence-corrected chi connectivity index (χ3v) is 5.13. The number of carbonyl (C=O) groups is 2. The molecule has 0 aliphatic carbocycles. The summed E-state index contributed by atoms with van der Waals surface area (Å²) in [5.41, 5.74) is 2.87. The van der Waals surface area contributed by atoms with Gasteiger partial charge < -0.3 is 19.9 Å². The second-order valence-electron chi connectivity index (χ2n) is 7.66. The van der Waals surface area contributed by atoms with Gasteiger partial charge in [0, 0.05) is 54.6 Å². The summed E-state index contributed by atoms with van der Waals surface area (Å²) in [6, 6.07) is 11.1. The SMILES string of the molecule is C#Cc1cccc(Nc2ncnc3cc(OCCOC)c(CC(=O)CCCC(=O)CO)cc23)c1. The molecule has 0 saturated heterocycles. The van der Waals surface area contributed by atoms with Crippen LogP contribution in [0.25, 0.3) is 10.9 Å². The van der Waals surface area contributed by atoms with Gasteiger partial charge in [0.15, 0.2) is 5.78 Å². The molecule has 8 heteroatoms. The van der Waals surface area contributed by atoms with Gasteiger partial charge in [-0.25, -0.2) is 9.97 Å². The molecule has 2 N–H and O–H groups in total. The van der Waals surface area contributed by atoms with Crippen LogP contribution < -0.4 is 10.1 Å². The molecule has 0 spiro atoms. The van der Waals surface area contributed by atoms with E-state index in [1.165, 1.54) is 6.33 Å². The molecule has 3 rings (SSSR count). The van der Waals surface area contributed by atoms with E-state index < -0.39 is 6.61 Å². The minimum absolute atomic E-state index is 0.0326. The zero-order chi connectivity index (χ0) is 24.3. The van der Waals surface area contributed by atoms with Crippen LogP contribution >= 0.6 is 0 Å². The molecular formula is C26H27N3O5. The Morgan fingerprint density at radius 2 is 1.94 bits per heavy atom. The van der Waals surface area contributed by atoms with Crippen molar-refractivity contribution >= 4 is 34.0 Å². The van der Waals surface area contributed by atoms with Gasteiger partial charge in [0.2, 0.25) is 0 Å². The number of Topliss-reactive ketones (excluding diaryl/α,β-unsaturated/α-hetero) is 2. The van der Waals surface area contributed by atoms with Crippen LogP contribution in [0.15, 0.2) is 42.7 Å². The van der Waals surface area contributed by atoms with E-state index in [0.717, 1.165) is 16.6 Å². The highest BCUT2D eigenvalue weighted by molar-refractivity contribution is 5.93. The zero-order valence-corrected chi connectivity index (χ0v) is 19.0. The van der Waals surface area contributed by atoms with E-state index in [4.69, 9.17) is 21.0 Å². The van der Waals surface area contributed by atoms with Gasteiger partial charge in [-0.15, -0.1) is 6.42 Å². The van der Waals surface area contributed by atoms with Crippen LogP contribution in [0.2, 0.25) is 0 Å². The van der Waals surface area contributed by atoms with Gasteiger partial charge in [-0.3, -0.25) is 9.59 Å². The average Bonchev–Trinajstić information content (AvgIpc) is 2.84. The number of rotatable bonds is 13. The highest BCUT2D eigenvalue weighted by atomic mass is 16.5. The van der Waals surface area contributed by atoms with Gasteiger partial charge in [-0.05, 0) is 30.7 Å². The van der Waals surface area contributed by atoms with Crippen molar-refractivity contribution < 1.29 is 24.2 Å². The summed E-state index contributed by atoms with van der Waals surface area (Å²) < 4.78 is 10.9. The number of hydrogen-bond donors (Lipinski definition) is 2. The van der Waals surface area contributed by atoms with Crippen molar-refractivity contribution in [2.24, 2.45) is 0 Å². The van der Waals surface area contributed by atoms with Gasteiger partial charge in [0.05, 0.1) is 12.1 Å². The molecule has 0 saturated carbocycles. The van der Waals surface area contributed by atoms with Crippen LogP contribution in [0.3, 0.4) is 0 Å². The lowest BCUT2D eigenvalue weighted by molar-refractivity contribution is -0.122. The average molecular weight is 462 g/mol. The maximum absolute atomic E-state index is 12.6. The summed E-state index contributed by atoms with van der Waals surface area (Å²) in [5.74, 6) is 3.42. The number of hydrogen-bond acceptors (Lipinski definition) is 8. The Morgan fingerprint density at radius 1 is 1.12 bits per heavy atom. The summed E-state index contributed by atoms with van der Waals surface area (Å²) in [5, 5.41) is 12.8. The Labute approximate surface area is 198 Å². The predicted octanol–water partition coefficient (Wildman–Crippen LogP) is 3.22. The van der Waals surface area contributed by atoms with E-state index in [0.29, 0.717) is 42.3 Å². The molecule has 3 aromatic rings. The first kappa shape index (κ1) is 24.8. The number of ketones is 2. The van der Waals surface area contributed by atoms with Crippen molar-refractivity contribution in [3.63, 3.8) is 0 Å². The number of methoxy groups -OCH3 is 1. The molecule has 8 nitrogen and oxygen atoms in total. The van der Waals surface area contributed by atoms with Crippen molar-refractivity contribution in [1.29, 1.82) is 0 Å². The monoisotopic (exact) mass is 461 g/mol. The van der Waals surface area contributed by atoms with Crippen LogP contribution in [-0.2, 0) is 20.7 Å². The maximum atomic E-state index is 12.6. The summed E-state index contributed by atoms with van der Waals surface area (Å²) >= 11 is 0. The number of nitrogens with one attached hydrogen (secondary N) is 1. The lowest BCUT2D eigenvalue weighted by Crippen LogP contribution is -2.10. The number of benzene rings is 2. The molecular weight excluding hydrogens is 434 g/mol. The Kier molecular flexibility index (Phi) is 9.09. The normalized spacial score (nSPS) is 10.6. The van der Waals surface area contributed by atoms with Crippen LogP contribution in [0.5, 0.6) is 5.75 Å². The molecule has 0 aliphatic rings. The minimum atomic E-state index is -0.504. The Hall–Kier alpha value is -3.80. The molecule has 0 aliphatic heterocycles. The fourth-order valence-corrected chi connectivity index (χ4v) is 3.42. The smallest absolute Gasteiger partial charge is 0.158 e. The summed E-state index contributed by atoms with van der Waals surface area (Å²) in [6.07, 6.45) is 7.90. The fourth-order valence-electron chi connectivity index (χ4n) is 3.42. The number of nitrogens with zero attached hydrogens (tertiary/aromatic N) is 2. The number of aliphatic hydroxyl groups is 1. The van der Waals surface area contributed by atoms with Gasteiger partial charge in [-0.1, -0.05) is 12.0 Å². The molecule has 176 valence electrons. The van der Waals surface area contributed by atoms with Gasteiger partial charge in [-0.2, -0.15) is 0 Å². The van der Waals surface area contributed by atoms with Crippen LogP contribution in [0, 0.1) is 12.3 Å². The summed E-state index contributed by atoms with van der Waals surface area (Å²) in [4.78, 5) is 32.7. The third kappa shape index (κ3) is 6.85. The first-order valence-electron chi connectivity index (χ1n) is 10.9. The predicted molar refractivity (Wildman–Crippen MR) is 129 cm³/mol. The van der Waals surface area contributed by atoms with Crippen molar-refractivity contribution in [3.8, 4) is 18.1 Å². The number of carbonyl (C=O) groups excluding carboxylic acids is 2. The van der Waals surface area contributed by atoms with Gasteiger partial charge in [0.25, 0.3) is 0 Å². The molecule has 34 heavy (non-hydrogen) atoms. The zero-order valence-electron chi connectivity index (χ0n) is 19.0. The molecule has 0 atom stereocenters. The largest absolute Gasteiger partial charge is 0.491 e. The van der Waals surface area contributed by atoms with Gasteiger partial charge in [0.1, 0.15) is 36.9 Å². The molecule has 0 radical (unpaired) electrons. The first-order chi connectivity index (χ1) is 16.5. The maximum Gasteiger partial charge on any atom is 0.158 e. The van der Waals surface area contributed by atoms with Crippen molar-refractivity contribution in [2.45, 2.75) is 25.7 Å². The van der Waals surface area contributed by atoms with E-state index >= 15 is 0 Å². The number of anilines is 2. The van der Waals surface area contributed by atoms with E-state index in [-0.39, 0.29) is 30.8 Å². The Bertz CT molecular complexity index is 1200. The van der Waals surface area contributed by atoms with Crippen molar-refractivity contribution in [3.05, 3.63) is 53.9 Å². The number of fused-ring (bicyclic) bond motifs is 1. The minimum Gasteiger partial charge on any atom is -0.491 e. The van der Waals surface area contributed by atoms with E-state index in [9.17, 15) is 9.59 Å². The Morgan fingerprint density at radius 3 is 2.71 bits per heavy atom. The second-order valence-corrected chi connectivity index (χ2v) is 7.66. The fraction of sp³-hybridized carbons (Fsp3) is 0.308. The van der Waals surface area contributed by atoms with Crippen LogP contribution in [0.4, 0.5) is 11.5 Å². The topological polar surface area (TPSA) is 111 Å². The highest BCUT2D eigenvalue weighted by Gasteiger charge is 2.15. The summed E-state index contributed by atoms with van der Waals surface area (Å²) in [6.45, 7) is 0.219. The van der Waals surface area contributed by atoms with Crippen molar-refractivity contribution in [2.75, 3.05) is 32.2 Å². The standard InChI is InChI=1S/C26H27N3O5/c1-3-18-6-4-7-20(12-18)29-26-23-14-19(13-21(31)8-5-9-22(32)16-30)25(34-11-10-33-2)15-24(23)27-17-28-26/h1,4,6-7,12,14-15,17,30H,5,8-11,13,16H2,2H3,(H,27,28,29). The lowest BCUT2D eigenvalue weighted by atomic mass is 10.0. The number of terminal acetylenes is 1. The van der Waals surface area contributed by atoms with E-state index in [1.807, 2.05) is 30.3 Å². The number of aromatic nitrogens is 2. The number of aliphatic hydroxyl groups excluding tert-OH is 1. The molecule has 1 heterocycles. The third-order valence-electron chi connectivity index (χ3n) is 5.13. The van der Waals surface area contributed by atoms with Gasteiger partial charge >= 0.3 is 0 Å².